The van der Waals surface area contributed by atoms with Crippen LogP contribution < -0.4 is 0 Å². The Kier molecular flexibility index (Phi) is 5.48. The van der Waals surface area contributed by atoms with E-state index in [0.717, 1.165) is 37.5 Å². The fourth-order valence-electron chi connectivity index (χ4n) is 2.85. The summed E-state index contributed by atoms with van der Waals surface area (Å²) < 4.78 is 5.43. The van der Waals surface area contributed by atoms with Crippen LogP contribution >= 0.6 is 11.6 Å². The van der Waals surface area contributed by atoms with Gasteiger partial charge in [-0.3, -0.25) is 0 Å². The number of hydrogen-bond acceptors (Lipinski definition) is 2. The minimum absolute atomic E-state index is 0.197. The molecular formula is C17H26ClNO. The van der Waals surface area contributed by atoms with Crippen LogP contribution in [-0.2, 0) is 10.2 Å². The van der Waals surface area contributed by atoms with Gasteiger partial charge in [0.25, 0.3) is 0 Å². The van der Waals surface area contributed by atoms with Gasteiger partial charge in [0.2, 0.25) is 0 Å². The summed E-state index contributed by atoms with van der Waals surface area (Å²) in [6.07, 6.45) is 3.97. The highest BCUT2D eigenvalue weighted by molar-refractivity contribution is 6.30. The van der Waals surface area contributed by atoms with E-state index in [9.17, 15) is 0 Å². The predicted octanol–water partition coefficient (Wildman–Crippen LogP) is 4.12. The summed E-state index contributed by atoms with van der Waals surface area (Å²) in [6, 6.07) is 8.28. The number of benzene rings is 1. The lowest BCUT2D eigenvalue weighted by molar-refractivity contribution is 0.0394. The number of ether oxygens (including phenoxy) is 1. The van der Waals surface area contributed by atoms with Crippen LogP contribution in [0.4, 0.5) is 0 Å². The first-order chi connectivity index (χ1) is 9.51. The maximum absolute atomic E-state index is 5.97. The molecule has 1 aromatic carbocycles. The van der Waals surface area contributed by atoms with Crippen LogP contribution in [0.25, 0.3) is 0 Å². The molecule has 0 N–H and O–H groups in total. The lowest BCUT2D eigenvalue weighted by Crippen LogP contribution is -2.38. The Morgan fingerprint density at radius 2 is 1.80 bits per heavy atom. The molecule has 2 nitrogen and oxygen atoms in total. The van der Waals surface area contributed by atoms with E-state index in [4.69, 9.17) is 16.3 Å². The Morgan fingerprint density at radius 1 is 1.20 bits per heavy atom. The average molecular weight is 296 g/mol. The summed E-state index contributed by atoms with van der Waals surface area (Å²) in [5.41, 5.74) is 1.57. The monoisotopic (exact) mass is 295 g/mol. The minimum atomic E-state index is 0.197. The Bertz CT molecular complexity index is 408. The molecule has 0 aromatic heterocycles. The maximum atomic E-state index is 5.97. The van der Waals surface area contributed by atoms with Gasteiger partial charge >= 0.3 is 0 Å². The second kappa shape index (κ2) is 6.93. The van der Waals surface area contributed by atoms with Crippen LogP contribution in [0.1, 0.15) is 38.7 Å². The van der Waals surface area contributed by atoms with Crippen molar-refractivity contribution in [2.45, 2.75) is 44.6 Å². The number of piperidine rings is 1. The van der Waals surface area contributed by atoms with E-state index >= 15 is 0 Å². The van der Waals surface area contributed by atoms with Gasteiger partial charge in [0, 0.05) is 25.2 Å². The van der Waals surface area contributed by atoms with Crippen molar-refractivity contribution in [1.82, 2.24) is 4.90 Å². The summed E-state index contributed by atoms with van der Waals surface area (Å²) in [6.45, 7) is 8.12. The second-order valence-corrected chi connectivity index (χ2v) is 6.85. The van der Waals surface area contributed by atoms with Gasteiger partial charge < -0.3 is 9.64 Å². The van der Waals surface area contributed by atoms with Gasteiger partial charge in [-0.05, 0) is 48.9 Å². The zero-order chi connectivity index (χ0) is 14.6. The molecule has 1 aromatic rings. The molecule has 0 unspecified atom stereocenters. The van der Waals surface area contributed by atoms with Crippen LogP contribution in [0.3, 0.4) is 0 Å². The lowest BCUT2D eigenvalue weighted by Gasteiger charge is -2.34. The third-order valence-corrected chi connectivity index (χ3v) is 4.80. The molecule has 1 fully saturated rings. The first kappa shape index (κ1) is 15.8. The molecule has 0 bridgehead atoms. The van der Waals surface area contributed by atoms with E-state index in [1.807, 2.05) is 19.2 Å². The van der Waals surface area contributed by atoms with Crippen LogP contribution in [0.5, 0.6) is 0 Å². The summed E-state index contributed by atoms with van der Waals surface area (Å²) >= 11 is 5.97. The van der Waals surface area contributed by atoms with Crippen molar-refractivity contribution in [1.29, 1.82) is 0 Å². The summed E-state index contributed by atoms with van der Waals surface area (Å²) in [5, 5.41) is 0.811. The van der Waals surface area contributed by atoms with Gasteiger partial charge in [0.1, 0.15) is 0 Å². The van der Waals surface area contributed by atoms with Crippen molar-refractivity contribution < 1.29 is 4.74 Å². The zero-order valence-corrected chi connectivity index (χ0v) is 13.6. The normalized spacial score (nSPS) is 18.4. The Balaban J connectivity index is 1.85. The van der Waals surface area contributed by atoms with E-state index in [2.05, 4.69) is 30.9 Å². The molecule has 0 radical (unpaired) electrons. The molecule has 20 heavy (non-hydrogen) atoms. The van der Waals surface area contributed by atoms with E-state index in [-0.39, 0.29) is 5.41 Å². The topological polar surface area (TPSA) is 12.5 Å². The standard InChI is InChI=1S/C17H26ClNO/c1-17(2,14-4-6-15(18)7-5-14)10-13-19-11-8-16(20-3)9-12-19/h4-7,16H,8-13H2,1-3H3. The molecular weight excluding hydrogens is 270 g/mol. The van der Waals surface area contributed by atoms with Crippen molar-refractivity contribution in [2.24, 2.45) is 0 Å². The number of rotatable bonds is 5. The average Bonchev–Trinajstić information content (AvgIpc) is 2.46. The van der Waals surface area contributed by atoms with Crippen LogP contribution in [0.15, 0.2) is 24.3 Å². The molecule has 0 aliphatic carbocycles. The third kappa shape index (κ3) is 4.21. The number of likely N-dealkylation sites (tertiary alicyclic amines) is 1. The van der Waals surface area contributed by atoms with Crippen LogP contribution in [0.2, 0.25) is 5.02 Å². The third-order valence-electron chi connectivity index (χ3n) is 4.55. The fraction of sp³-hybridized carbons (Fsp3) is 0.647. The SMILES string of the molecule is COC1CCN(CCC(C)(C)c2ccc(Cl)cc2)CC1. The Hall–Kier alpha value is -0.570. The summed E-state index contributed by atoms with van der Waals surface area (Å²) in [4.78, 5) is 2.56. The first-order valence-corrected chi connectivity index (χ1v) is 7.90. The smallest absolute Gasteiger partial charge is 0.0595 e. The number of nitrogens with zero attached hydrogens (tertiary/aromatic N) is 1. The number of halogens is 1. The molecule has 0 saturated carbocycles. The van der Waals surface area contributed by atoms with Crippen LogP contribution in [-0.4, -0.2) is 37.7 Å². The molecule has 1 saturated heterocycles. The molecule has 3 heteroatoms. The molecule has 1 heterocycles. The zero-order valence-electron chi connectivity index (χ0n) is 12.9. The summed E-state index contributed by atoms with van der Waals surface area (Å²) in [7, 11) is 1.82. The molecule has 1 aliphatic heterocycles. The molecule has 1 aliphatic rings. The highest BCUT2D eigenvalue weighted by Gasteiger charge is 2.24. The Morgan fingerprint density at radius 3 is 2.35 bits per heavy atom. The van der Waals surface area contributed by atoms with Crippen molar-refractivity contribution in [3.05, 3.63) is 34.9 Å². The highest BCUT2D eigenvalue weighted by Crippen LogP contribution is 2.28. The van der Waals surface area contributed by atoms with Crippen molar-refractivity contribution in [3.8, 4) is 0 Å². The minimum Gasteiger partial charge on any atom is -0.381 e. The van der Waals surface area contributed by atoms with Gasteiger partial charge in [0.15, 0.2) is 0 Å². The van der Waals surface area contributed by atoms with Gasteiger partial charge in [0.05, 0.1) is 6.10 Å². The molecule has 0 spiro atoms. The van der Waals surface area contributed by atoms with Gasteiger partial charge in [-0.2, -0.15) is 0 Å². The molecule has 112 valence electrons. The Labute approximate surface area is 128 Å². The van der Waals surface area contributed by atoms with E-state index in [1.165, 1.54) is 12.0 Å². The van der Waals surface area contributed by atoms with E-state index in [0.29, 0.717) is 6.10 Å². The van der Waals surface area contributed by atoms with E-state index < -0.39 is 0 Å². The van der Waals surface area contributed by atoms with Gasteiger partial charge in [-0.1, -0.05) is 37.6 Å². The quantitative estimate of drug-likeness (QED) is 0.810. The van der Waals surface area contributed by atoms with Crippen molar-refractivity contribution in [3.63, 3.8) is 0 Å². The predicted molar refractivity (Wildman–Crippen MR) is 85.6 cm³/mol. The first-order valence-electron chi connectivity index (χ1n) is 7.52. The number of hydrogen-bond donors (Lipinski definition) is 0. The largest absolute Gasteiger partial charge is 0.381 e. The molecule has 0 amide bonds. The van der Waals surface area contributed by atoms with Gasteiger partial charge in [-0.25, -0.2) is 0 Å². The number of methoxy groups -OCH3 is 1. The second-order valence-electron chi connectivity index (χ2n) is 6.42. The van der Waals surface area contributed by atoms with Crippen molar-refractivity contribution >= 4 is 11.6 Å². The molecule has 0 atom stereocenters. The molecule has 2 rings (SSSR count). The highest BCUT2D eigenvalue weighted by atomic mass is 35.5. The van der Waals surface area contributed by atoms with E-state index in [1.54, 1.807) is 0 Å². The maximum Gasteiger partial charge on any atom is 0.0595 e. The van der Waals surface area contributed by atoms with Gasteiger partial charge in [-0.15, -0.1) is 0 Å². The van der Waals surface area contributed by atoms with Crippen molar-refractivity contribution in [2.75, 3.05) is 26.7 Å². The lowest BCUT2D eigenvalue weighted by atomic mass is 9.81. The fourth-order valence-corrected chi connectivity index (χ4v) is 2.98. The summed E-state index contributed by atoms with van der Waals surface area (Å²) in [5.74, 6) is 0. The van der Waals surface area contributed by atoms with Crippen LogP contribution in [0, 0.1) is 0 Å².